The average molecular weight is 321 g/mol. The van der Waals surface area contributed by atoms with Gasteiger partial charge in [0, 0.05) is 16.1 Å². The summed E-state index contributed by atoms with van der Waals surface area (Å²) in [6.07, 6.45) is 0. The first-order valence-corrected chi connectivity index (χ1v) is 6.54. The van der Waals surface area contributed by atoms with Gasteiger partial charge in [0.25, 0.3) is 0 Å². The zero-order chi connectivity index (χ0) is 13.7. The molecule has 2 aromatic rings. The number of methoxy groups -OCH3 is 1. The third-order valence-electron chi connectivity index (χ3n) is 2.58. The fourth-order valence-electron chi connectivity index (χ4n) is 1.56. The molecule has 98 valence electrons. The first kappa shape index (κ1) is 13.6. The Labute approximate surface area is 120 Å². The lowest BCUT2D eigenvalue weighted by molar-refractivity contribution is 0.0921. The summed E-state index contributed by atoms with van der Waals surface area (Å²) in [4.78, 5) is 11.9. The van der Waals surface area contributed by atoms with Crippen LogP contribution in [-0.2, 0) is 0 Å². The standard InChI is InChI=1S/C15H13BrO3/c1-18-13-3-2-4-14(9-13)19-10-15(17)11-5-7-12(16)8-6-11/h2-9H,10H2,1H3. The van der Waals surface area contributed by atoms with E-state index in [2.05, 4.69) is 15.9 Å². The molecule has 0 aliphatic heterocycles. The van der Waals surface area contributed by atoms with Crippen LogP contribution in [0.2, 0.25) is 0 Å². The summed E-state index contributed by atoms with van der Waals surface area (Å²) in [5, 5.41) is 0. The molecule has 0 saturated heterocycles. The van der Waals surface area contributed by atoms with Gasteiger partial charge in [0.15, 0.2) is 12.4 Å². The number of halogens is 1. The summed E-state index contributed by atoms with van der Waals surface area (Å²) < 4.78 is 11.5. The summed E-state index contributed by atoms with van der Waals surface area (Å²) in [5.74, 6) is 1.26. The molecule has 0 spiro atoms. The van der Waals surface area contributed by atoms with Gasteiger partial charge in [-0.15, -0.1) is 0 Å². The Hall–Kier alpha value is -1.81. The molecular weight excluding hydrogens is 308 g/mol. The van der Waals surface area contributed by atoms with Crippen molar-refractivity contribution in [1.29, 1.82) is 0 Å². The number of benzene rings is 2. The monoisotopic (exact) mass is 320 g/mol. The molecular formula is C15H13BrO3. The van der Waals surface area contributed by atoms with Gasteiger partial charge in [0.05, 0.1) is 7.11 Å². The van der Waals surface area contributed by atoms with E-state index >= 15 is 0 Å². The minimum atomic E-state index is -0.0599. The van der Waals surface area contributed by atoms with E-state index in [0.717, 1.165) is 4.47 Å². The van der Waals surface area contributed by atoms with Crippen LogP contribution in [0.3, 0.4) is 0 Å². The Morgan fingerprint density at radius 2 is 1.79 bits per heavy atom. The van der Waals surface area contributed by atoms with E-state index < -0.39 is 0 Å². The van der Waals surface area contributed by atoms with Gasteiger partial charge in [0.2, 0.25) is 0 Å². The Bertz CT molecular complexity index is 564. The SMILES string of the molecule is COc1cccc(OCC(=O)c2ccc(Br)cc2)c1. The number of ketones is 1. The zero-order valence-electron chi connectivity index (χ0n) is 10.4. The van der Waals surface area contributed by atoms with Gasteiger partial charge >= 0.3 is 0 Å². The number of hydrogen-bond acceptors (Lipinski definition) is 3. The molecule has 0 aliphatic carbocycles. The Balaban J connectivity index is 1.98. The smallest absolute Gasteiger partial charge is 0.200 e. The van der Waals surface area contributed by atoms with Crippen LogP contribution >= 0.6 is 15.9 Å². The fourth-order valence-corrected chi connectivity index (χ4v) is 1.82. The van der Waals surface area contributed by atoms with Gasteiger partial charge in [-0.1, -0.05) is 34.1 Å². The third-order valence-corrected chi connectivity index (χ3v) is 3.11. The van der Waals surface area contributed by atoms with Crippen LogP contribution in [0.4, 0.5) is 0 Å². The van der Waals surface area contributed by atoms with Crippen LogP contribution < -0.4 is 9.47 Å². The Kier molecular flexibility index (Phi) is 4.58. The van der Waals surface area contributed by atoms with E-state index in [-0.39, 0.29) is 12.4 Å². The molecule has 2 rings (SSSR count). The molecule has 2 aromatic carbocycles. The molecule has 0 amide bonds. The van der Waals surface area contributed by atoms with E-state index in [4.69, 9.17) is 9.47 Å². The van der Waals surface area contributed by atoms with E-state index in [1.165, 1.54) is 0 Å². The highest BCUT2D eigenvalue weighted by Crippen LogP contribution is 2.19. The minimum absolute atomic E-state index is 0.00873. The second kappa shape index (κ2) is 6.38. The maximum Gasteiger partial charge on any atom is 0.200 e. The topological polar surface area (TPSA) is 35.5 Å². The lowest BCUT2D eigenvalue weighted by Crippen LogP contribution is -2.11. The van der Waals surface area contributed by atoms with E-state index in [1.807, 2.05) is 24.3 Å². The molecule has 0 saturated carbocycles. The van der Waals surface area contributed by atoms with Gasteiger partial charge < -0.3 is 9.47 Å². The van der Waals surface area contributed by atoms with Crippen molar-refractivity contribution in [2.75, 3.05) is 13.7 Å². The molecule has 0 fully saturated rings. The van der Waals surface area contributed by atoms with Crippen molar-refractivity contribution in [1.82, 2.24) is 0 Å². The summed E-state index contributed by atoms with van der Waals surface area (Å²) >= 11 is 3.33. The van der Waals surface area contributed by atoms with Gasteiger partial charge in [-0.2, -0.15) is 0 Å². The van der Waals surface area contributed by atoms with Gasteiger partial charge in [0.1, 0.15) is 11.5 Å². The molecule has 0 N–H and O–H groups in total. The summed E-state index contributed by atoms with van der Waals surface area (Å²) in [6.45, 7) is 0.00873. The van der Waals surface area contributed by atoms with Gasteiger partial charge in [-0.25, -0.2) is 0 Å². The van der Waals surface area contributed by atoms with Crippen LogP contribution in [-0.4, -0.2) is 19.5 Å². The number of carbonyl (C=O) groups excluding carboxylic acids is 1. The van der Waals surface area contributed by atoms with Crippen molar-refractivity contribution in [3.05, 3.63) is 58.6 Å². The molecule has 3 nitrogen and oxygen atoms in total. The highest BCUT2D eigenvalue weighted by atomic mass is 79.9. The molecule has 4 heteroatoms. The summed E-state index contributed by atoms with van der Waals surface area (Å²) in [5.41, 5.74) is 0.631. The molecule has 0 heterocycles. The molecule has 0 aromatic heterocycles. The fraction of sp³-hybridized carbons (Fsp3) is 0.133. The Morgan fingerprint density at radius 1 is 1.11 bits per heavy atom. The minimum Gasteiger partial charge on any atom is -0.497 e. The first-order chi connectivity index (χ1) is 9.19. The second-order valence-electron chi connectivity index (χ2n) is 3.90. The van der Waals surface area contributed by atoms with Crippen molar-refractivity contribution in [2.24, 2.45) is 0 Å². The molecule has 0 bridgehead atoms. The first-order valence-electron chi connectivity index (χ1n) is 5.74. The van der Waals surface area contributed by atoms with Crippen molar-refractivity contribution >= 4 is 21.7 Å². The van der Waals surface area contributed by atoms with Crippen LogP contribution in [0.15, 0.2) is 53.0 Å². The molecule has 0 unspecified atom stereocenters. The third kappa shape index (κ3) is 3.83. The summed E-state index contributed by atoms with van der Waals surface area (Å²) in [6, 6.07) is 14.4. The van der Waals surface area contributed by atoms with Crippen molar-refractivity contribution in [3.63, 3.8) is 0 Å². The van der Waals surface area contributed by atoms with Crippen LogP contribution in [0.1, 0.15) is 10.4 Å². The highest BCUT2D eigenvalue weighted by Gasteiger charge is 2.07. The number of hydrogen-bond donors (Lipinski definition) is 0. The normalized spacial score (nSPS) is 10.0. The zero-order valence-corrected chi connectivity index (χ0v) is 12.0. The van der Waals surface area contributed by atoms with Gasteiger partial charge in [-0.05, 0) is 24.3 Å². The number of rotatable bonds is 5. The molecule has 0 radical (unpaired) electrons. The highest BCUT2D eigenvalue weighted by molar-refractivity contribution is 9.10. The number of Topliss-reactive ketones (excluding diaryl/α,β-unsaturated/α-hetero) is 1. The van der Waals surface area contributed by atoms with E-state index in [0.29, 0.717) is 17.1 Å². The van der Waals surface area contributed by atoms with Crippen LogP contribution in [0.5, 0.6) is 11.5 Å². The van der Waals surface area contributed by atoms with E-state index in [1.54, 1.807) is 31.4 Å². The molecule has 0 aliphatic rings. The largest absolute Gasteiger partial charge is 0.497 e. The second-order valence-corrected chi connectivity index (χ2v) is 4.81. The average Bonchev–Trinajstić information content (AvgIpc) is 2.46. The van der Waals surface area contributed by atoms with Crippen molar-refractivity contribution < 1.29 is 14.3 Å². The summed E-state index contributed by atoms with van der Waals surface area (Å²) in [7, 11) is 1.59. The maximum absolute atomic E-state index is 11.9. The van der Waals surface area contributed by atoms with Crippen molar-refractivity contribution in [3.8, 4) is 11.5 Å². The number of carbonyl (C=O) groups is 1. The quantitative estimate of drug-likeness (QED) is 0.788. The van der Waals surface area contributed by atoms with Crippen LogP contribution in [0, 0.1) is 0 Å². The predicted octanol–water partition coefficient (Wildman–Crippen LogP) is 3.72. The van der Waals surface area contributed by atoms with E-state index in [9.17, 15) is 4.79 Å². The predicted molar refractivity (Wildman–Crippen MR) is 77.0 cm³/mol. The lowest BCUT2D eigenvalue weighted by atomic mass is 10.1. The van der Waals surface area contributed by atoms with Crippen molar-refractivity contribution in [2.45, 2.75) is 0 Å². The lowest BCUT2D eigenvalue weighted by Gasteiger charge is -2.07. The molecule has 0 atom stereocenters. The number of ether oxygens (including phenoxy) is 2. The maximum atomic E-state index is 11.9. The molecule has 19 heavy (non-hydrogen) atoms. The van der Waals surface area contributed by atoms with Gasteiger partial charge in [-0.3, -0.25) is 4.79 Å². The van der Waals surface area contributed by atoms with Crippen LogP contribution in [0.25, 0.3) is 0 Å². The Morgan fingerprint density at radius 3 is 2.47 bits per heavy atom.